The molecule has 0 aromatic carbocycles. The molecule has 11 heteroatoms. The average Bonchev–Trinajstić information content (AvgIpc) is 3.80. The van der Waals surface area contributed by atoms with Gasteiger partial charge >= 0.3 is 12.5 Å². The fourth-order valence-corrected chi connectivity index (χ4v) is 4.96. The fraction of sp³-hybridized carbons (Fsp3) is 0.423. The fourth-order valence-electron chi connectivity index (χ4n) is 4.96. The molecule has 0 unspecified atom stereocenters. The van der Waals surface area contributed by atoms with E-state index in [1.165, 1.54) is 6.07 Å². The molecule has 3 aromatic heterocycles. The van der Waals surface area contributed by atoms with Crippen LogP contribution in [-0.2, 0) is 4.79 Å². The van der Waals surface area contributed by atoms with Crippen molar-refractivity contribution in [2.75, 3.05) is 5.32 Å². The summed E-state index contributed by atoms with van der Waals surface area (Å²) < 4.78 is 41.9. The van der Waals surface area contributed by atoms with Crippen molar-refractivity contribution in [1.82, 2.24) is 20.1 Å². The van der Waals surface area contributed by atoms with Gasteiger partial charge < -0.3 is 5.32 Å². The van der Waals surface area contributed by atoms with Crippen LogP contribution in [0.15, 0.2) is 36.7 Å². The lowest BCUT2D eigenvalue weighted by molar-refractivity contribution is -0.404. The van der Waals surface area contributed by atoms with Crippen LogP contribution in [0.4, 0.5) is 19.0 Å². The maximum Gasteiger partial charge on any atom is 0.333 e. The van der Waals surface area contributed by atoms with Crippen LogP contribution in [0, 0.1) is 37.5 Å². The molecule has 2 aliphatic carbocycles. The Hall–Kier alpha value is -3.76. The summed E-state index contributed by atoms with van der Waals surface area (Å²) >= 11 is 0. The van der Waals surface area contributed by atoms with Crippen LogP contribution in [0.1, 0.15) is 54.0 Å². The van der Waals surface area contributed by atoms with Gasteiger partial charge in [-0.25, -0.2) is 15.1 Å². The first-order valence-corrected chi connectivity index (χ1v) is 12.3. The number of nitrogens with one attached hydrogen (secondary N) is 3. The lowest BCUT2D eigenvalue weighted by atomic mass is 9.88. The molecule has 0 spiro atoms. The summed E-state index contributed by atoms with van der Waals surface area (Å²) in [5.74, 6) is -1.46. The monoisotopic (exact) mass is 513 g/mol. The van der Waals surface area contributed by atoms with Gasteiger partial charge in [0.1, 0.15) is 11.7 Å². The van der Waals surface area contributed by atoms with Crippen LogP contribution in [0.25, 0.3) is 11.1 Å². The Morgan fingerprint density at radius 1 is 1.08 bits per heavy atom. The first-order valence-electron chi connectivity index (χ1n) is 12.3. The van der Waals surface area contributed by atoms with Crippen LogP contribution in [0.3, 0.4) is 0 Å². The molecule has 5 rings (SSSR count). The number of pyridine rings is 2. The summed E-state index contributed by atoms with van der Waals surface area (Å²) in [5.41, 5.74) is 2.16. The number of carbonyl (C=O) groups is 2. The van der Waals surface area contributed by atoms with Crippen molar-refractivity contribution in [1.29, 1.82) is 0 Å². The minimum atomic E-state index is -2.99. The number of alkyl halides is 2. The van der Waals surface area contributed by atoms with E-state index in [1.54, 1.807) is 25.3 Å². The van der Waals surface area contributed by atoms with Crippen molar-refractivity contribution >= 4 is 17.6 Å². The number of halogens is 3. The first-order chi connectivity index (χ1) is 17.7. The maximum atomic E-state index is 15.1. The molecule has 194 valence electrons. The lowest BCUT2D eigenvalue weighted by Gasteiger charge is -2.25. The molecule has 0 radical (unpaired) electrons. The maximum absolute atomic E-state index is 15.1. The molecule has 2 saturated carbocycles. The van der Waals surface area contributed by atoms with Gasteiger partial charge in [-0.05, 0) is 81.0 Å². The minimum Gasteiger partial charge on any atom is -0.337 e. The van der Waals surface area contributed by atoms with Gasteiger partial charge in [-0.1, -0.05) is 0 Å². The van der Waals surface area contributed by atoms with Crippen molar-refractivity contribution in [2.45, 2.75) is 52.1 Å². The van der Waals surface area contributed by atoms with E-state index < -0.39 is 30.4 Å². The predicted octanol–water partition coefficient (Wildman–Crippen LogP) is 4.08. The predicted molar refractivity (Wildman–Crippen MR) is 128 cm³/mol. The molecule has 37 heavy (non-hydrogen) atoms. The number of nitrogens with zero attached hydrogens (tertiary/aromatic N) is 3. The van der Waals surface area contributed by atoms with E-state index in [-0.39, 0.29) is 29.3 Å². The number of H-pyrrole nitrogens is 1. The van der Waals surface area contributed by atoms with E-state index in [0.29, 0.717) is 21.5 Å². The third-order valence-corrected chi connectivity index (χ3v) is 7.04. The number of anilines is 1. The Kier molecular flexibility index (Phi) is 6.70. The van der Waals surface area contributed by atoms with E-state index in [2.05, 4.69) is 25.7 Å². The average molecular weight is 514 g/mol. The van der Waals surface area contributed by atoms with E-state index >= 15 is 4.39 Å². The van der Waals surface area contributed by atoms with Gasteiger partial charge in [0, 0.05) is 29.7 Å². The van der Waals surface area contributed by atoms with Gasteiger partial charge in [-0.15, -0.1) is 0 Å². The Labute approximate surface area is 211 Å². The second-order valence-electron chi connectivity index (χ2n) is 9.88. The standard InChI is InChI=1S/C26H27F3N6O2/c1-13-11-18(14(2)30-12-13)17-7-8-20(32-23(17)27)33-25(37)22(21(15-3-4-15)16-5-6-16)34-24(36)19-9-10-31-35(19)26(28)29/h7-12,15-16,21-22,26H,3-6H2,1-2H3,(H,34,36)(H,32,33,37)/p+1/t22-/m0/s1. The number of hydrogen-bond donors (Lipinski definition) is 2. The number of carbonyl (C=O) groups excluding carboxylic acids is 2. The zero-order valence-electron chi connectivity index (χ0n) is 20.5. The highest BCUT2D eigenvalue weighted by atomic mass is 19.3. The molecular formula is C26H28F3N6O2+. The number of hydrogen-bond acceptors (Lipinski definition) is 4. The van der Waals surface area contributed by atoms with Gasteiger partial charge in [-0.2, -0.15) is 23.0 Å². The van der Waals surface area contributed by atoms with Crippen LogP contribution in [-0.4, -0.2) is 32.6 Å². The largest absolute Gasteiger partial charge is 0.337 e. The Morgan fingerprint density at radius 3 is 2.41 bits per heavy atom. The van der Waals surface area contributed by atoms with Crippen molar-refractivity contribution in [3.05, 3.63) is 59.6 Å². The van der Waals surface area contributed by atoms with E-state index in [0.717, 1.165) is 37.4 Å². The third-order valence-electron chi connectivity index (χ3n) is 7.04. The minimum absolute atomic E-state index is 0.117. The molecule has 2 aliphatic rings. The number of aromatic amines is 1. The van der Waals surface area contributed by atoms with Crippen LogP contribution < -0.4 is 15.6 Å². The van der Waals surface area contributed by atoms with Crippen molar-refractivity contribution in [2.24, 2.45) is 17.8 Å². The summed E-state index contributed by atoms with van der Waals surface area (Å²) in [6, 6.07) is 5.15. The van der Waals surface area contributed by atoms with Gasteiger partial charge in [0.25, 0.3) is 17.7 Å². The van der Waals surface area contributed by atoms with Crippen LogP contribution >= 0.6 is 0 Å². The van der Waals surface area contributed by atoms with E-state index in [9.17, 15) is 18.4 Å². The molecule has 1 atom stereocenters. The smallest absolute Gasteiger partial charge is 0.333 e. The van der Waals surface area contributed by atoms with E-state index in [4.69, 9.17) is 0 Å². The number of aromatic nitrogens is 4. The highest BCUT2D eigenvalue weighted by molar-refractivity contribution is 6.00. The second kappa shape index (κ2) is 9.95. The SMILES string of the molecule is Cc1cnc(C)c(-c2ccc(NC(=O)[C@@H](NC(=O)c3ccnn3C(F)F)C(C3CC3)C3CC3)[nH+]c2F)c1. The molecule has 0 saturated heterocycles. The Balaban J connectivity index is 1.39. The molecule has 8 nitrogen and oxygen atoms in total. The summed E-state index contributed by atoms with van der Waals surface area (Å²) in [4.78, 5) is 33.3. The summed E-state index contributed by atoms with van der Waals surface area (Å²) in [5, 5.41) is 8.87. The van der Waals surface area contributed by atoms with E-state index in [1.807, 2.05) is 13.0 Å². The number of rotatable bonds is 9. The van der Waals surface area contributed by atoms with Gasteiger partial charge in [0.15, 0.2) is 0 Å². The Bertz CT molecular complexity index is 1320. The number of aryl methyl sites for hydroxylation is 2. The summed E-state index contributed by atoms with van der Waals surface area (Å²) in [7, 11) is 0. The second-order valence-corrected chi connectivity index (χ2v) is 9.88. The van der Waals surface area contributed by atoms with Gasteiger partial charge in [-0.3, -0.25) is 9.78 Å². The summed E-state index contributed by atoms with van der Waals surface area (Å²) in [6.07, 6.45) is 6.57. The highest BCUT2D eigenvalue weighted by Gasteiger charge is 2.49. The highest BCUT2D eigenvalue weighted by Crippen LogP contribution is 2.51. The summed E-state index contributed by atoms with van der Waals surface area (Å²) in [6.45, 7) is 0.659. The Morgan fingerprint density at radius 2 is 1.78 bits per heavy atom. The molecule has 0 bridgehead atoms. The van der Waals surface area contributed by atoms with Crippen molar-refractivity contribution in [3.8, 4) is 11.1 Å². The molecular weight excluding hydrogens is 485 g/mol. The van der Waals surface area contributed by atoms with Crippen molar-refractivity contribution < 1.29 is 27.7 Å². The topological polar surface area (TPSA) is 103 Å². The number of amides is 2. The van der Waals surface area contributed by atoms with Crippen molar-refractivity contribution in [3.63, 3.8) is 0 Å². The normalized spacial score (nSPS) is 16.2. The lowest BCUT2D eigenvalue weighted by Crippen LogP contribution is -2.50. The molecule has 0 aliphatic heterocycles. The van der Waals surface area contributed by atoms with Gasteiger partial charge in [0.05, 0.1) is 5.56 Å². The quantitative estimate of drug-likeness (QED) is 0.421. The van der Waals surface area contributed by atoms with Gasteiger partial charge in [0.2, 0.25) is 0 Å². The van der Waals surface area contributed by atoms with Crippen LogP contribution in [0.2, 0.25) is 0 Å². The molecule has 3 N–H and O–H groups in total. The molecule has 2 amide bonds. The molecule has 2 fully saturated rings. The molecule has 3 aromatic rings. The molecule has 3 heterocycles. The zero-order valence-corrected chi connectivity index (χ0v) is 20.5. The first kappa shape index (κ1) is 24.9. The third kappa shape index (κ3) is 5.35. The van der Waals surface area contributed by atoms with Crippen LogP contribution in [0.5, 0.6) is 0 Å². The zero-order chi connectivity index (χ0) is 26.3.